The van der Waals surface area contributed by atoms with Crippen LogP contribution < -0.4 is 5.73 Å². The third-order valence-corrected chi connectivity index (χ3v) is 2.74. The Hall–Kier alpha value is -0.770. The van der Waals surface area contributed by atoms with E-state index in [0.717, 1.165) is 31.7 Å². The van der Waals surface area contributed by atoms with Gasteiger partial charge in [-0.1, -0.05) is 6.07 Å². The molecule has 3 N–H and O–H groups in total. The zero-order chi connectivity index (χ0) is 9.97. The second kappa shape index (κ2) is 5.35. The molecule has 0 bridgehead atoms. The number of rotatable bonds is 2. The van der Waals surface area contributed by atoms with Crippen LogP contribution in [0.15, 0.2) is 18.2 Å². The number of aliphatic hydroxyl groups excluding tert-OH is 1. The predicted molar refractivity (Wildman–Crippen MR) is 64.2 cm³/mol. The van der Waals surface area contributed by atoms with E-state index in [1.165, 1.54) is 11.1 Å². The second-order valence-electron chi connectivity index (χ2n) is 3.78. The van der Waals surface area contributed by atoms with Gasteiger partial charge in [-0.25, -0.2) is 0 Å². The number of anilines is 1. The summed E-state index contributed by atoms with van der Waals surface area (Å²) in [4.78, 5) is 2.25. The molecule has 1 aliphatic heterocycles. The van der Waals surface area contributed by atoms with E-state index in [1.807, 2.05) is 12.1 Å². The fourth-order valence-corrected chi connectivity index (χ4v) is 1.97. The molecule has 0 unspecified atom stereocenters. The number of nitrogens with two attached hydrogens (primary N) is 1. The van der Waals surface area contributed by atoms with Gasteiger partial charge in [0.1, 0.15) is 0 Å². The van der Waals surface area contributed by atoms with Crippen LogP contribution in [0, 0.1) is 0 Å². The highest BCUT2D eigenvalue weighted by atomic mass is 35.5. The molecule has 2 rings (SSSR count). The molecule has 0 saturated heterocycles. The van der Waals surface area contributed by atoms with Gasteiger partial charge < -0.3 is 10.8 Å². The summed E-state index contributed by atoms with van der Waals surface area (Å²) >= 11 is 0. The van der Waals surface area contributed by atoms with Gasteiger partial charge in [-0.05, 0) is 29.7 Å². The molecule has 15 heavy (non-hydrogen) atoms. The van der Waals surface area contributed by atoms with E-state index in [9.17, 15) is 0 Å². The lowest BCUT2D eigenvalue weighted by atomic mass is 9.99. The van der Waals surface area contributed by atoms with E-state index >= 15 is 0 Å². The minimum atomic E-state index is 0. The van der Waals surface area contributed by atoms with Gasteiger partial charge in [-0.3, -0.25) is 4.90 Å². The Labute approximate surface area is 96.3 Å². The first-order chi connectivity index (χ1) is 6.79. The van der Waals surface area contributed by atoms with Crippen molar-refractivity contribution in [2.45, 2.75) is 13.0 Å². The summed E-state index contributed by atoms with van der Waals surface area (Å²) in [5.74, 6) is 0. The highest BCUT2D eigenvalue weighted by Crippen LogP contribution is 2.20. The molecule has 0 atom stereocenters. The Morgan fingerprint density at radius 3 is 2.87 bits per heavy atom. The van der Waals surface area contributed by atoms with E-state index in [1.54, 1.807) is 0 Å². The summed E-state index contributed by atoms with van der Waals surface area (Å²) in [7, 11) is 0. The monoisotopic (exact) mass is 228 g/mol. The van der Waals surface area contributed by atoms with Gasteiger partial charge in [0.15, 0.2) is 0 Å². The van der Waals surface area contributed by atoms with Crippen LogP contribution >= 0.6 is 12.4 Å². The maximum Gasteiger partial charge on any atom is 0.0558 e. The molecule has 0 amide bonds. The van der Waals surface area contributed by atoms with Gasteiger partial charge in [-0.2, -0.15) is 0 Å². The minimum Gasteiger partial charge on any atom is -0.399 e. The summed E-state index contributed by atoms with van der Waals surface area (Å²) in [6.07, 6.45) is 1.07. The topological polar surface area (TPSA) is 49.5 Å². The molecule has 0 radical (unpaired) electrons. The summed E-state index contributed by atoms with van der Waals surface area (Å²) in [5.41, 5.74) is 9.27. The smallest absolute Gasteiger partial charge is 0.0558 e. The van der Waals surface area contributed by atoms with Crippen LogP contribution in [0.5, 0.6) is 0 Å². The predicted octanol–water partition coefficient (Wildman–Crippen LogP) is 1.04. The molecule has 0 saturated carbocycles. The number of hydrogen-bond donors (Lipinski definition) is 2. The molecule has 1 aromatic carbocycles. The summed E-state index contributed by atoms with van der Waals surface area (Å²) in [6.45, 7) is 2.95. The SMILES string of the molecule is Cl.Nc1ccc2c(c1)CN(CCO)CC2. The zero-order valence-electron chi connectivity index (χ0n) is 8.65. The molecule has 0 aromatic heterocycles. The molecule has 0 spiro atoms. The molecule has 4 heteroatoms. The number of nitrogens with zero attached hydrogens (tertiary/aromatic N) is 1. The van der Waals surface area contributed by atoms with Crippen molar-refractivity contribution >= 4 is 18.1 Å². The van der Waals surface area contributed by atoms with Crippen molar-refractivity contribution in [2.24, 2.45) is 0 Å². The number of halogens is 1. The van der Waals surface area contributed by atoms with Crippen LogP contribution in [0.4, 0.5) is 5.69 Å². The van der Waals surface area contributed by atoms with Crippen molar-refractivity contribution in [1.29, 1.82) is 0 Å². The van der Waals surface area contributed by atoms with E-state index in [0.29, 0.717) is 0 Å². The lowest BCUT2D eigenvalue weighted by Gasteiger charge is -2.28. The first-order valence-corrected chi connectivity index (χ1v) is 5.00. The quantitative estimate of drug-likeness (QED) is 0.744. The molecule has 3 nitrogen and oxygen atoms in total. The highest BCUT2D eigenvalue weighted by Gasteiger charge is 2.15. The average molecular weight is 229 g/mol. The second-order valence-corrected chi connectivity index (χ2v) is 3.78. The van der Waals surface area contributed by atoms with Crippen LogP contribution in [-0.4, -0.2) is 29.7 Å². The molecule has 0 aliphatic carbocycles. The first-order valence-electron chi connectivity index (χ1n) is 5.00. The molecular formula is C11H17ClN2O. The highest BCUT2D eigenvalue weighted by molar-refractivity contribution is 5.85. The molecule has 1 aromatic rings. The van der Waals surface area contributed by atoms with Crippen LogP contribution in [0.1, 0.15) is 11.1 Å². The van der Waals surface area contributed by atoms with E-state index in [-0.39, 0.29) is 19.0 Å². The maximum atomic E-state index is 8.85. The fourth-order valence-electron chi connectivity index (χ4n) is 1.97. The summed E-state index contributed by atoms with van der Waals surface area (Å²) < 4.78 is 0. The van der Waals surface area contributed by atoms with E-state index in [4.69, 9.17) is 10.8 Å². The van der Waals surface area contributed by atoms with Gasteiger partial charge >= 0.3 is 0 Å². The van der Waals surface area contributed by atoms with Crippen LogP contribution in [0.3, 0.4) is 0 Å². The molecule has 84 valence electrons. The van der Waals surface area contributed by atoms with Crippen LogP contribution in [0.25, 0.3) is 0 Å². The zero-order valence-corrected chi connectivity index (χ0v) is 9.46. The van der Waals surface area contributed by atoms with Gasteiger partial charge in [0.05, 0.1) is 6.61 Å². The van der Waals surface area contributed by atoms with Gasteiger partial charge in [-0.15, -0.1) is 12.4 Å². The lowest BCUT2D eigenvalue weighted by Crippen LogP contribution is -2.32. The summed E-state index contributed by atoms with van der Waals surface area (Å²) in [5, 5.41) is 8.85. The van der Waals surface area contributed by atoms with Crippen molar-refractivity contribution in [2.75, 3.05) is 25.4 Å². The number of benzene rings is 1. The van der Waals surface area contributed by atoms with Crippen molar-refractivity contribution < 1.29 is 5.11 Å². The standard InChI is InChI=1S/C11H16N2O.ClH/c12-11-2-1-9-3-4-13(5-6-14)8-10(9)7-11;/h1-2,7,14H,3-6,8,12H2;1H. The van der Waals surface area contributed by atoms with Crippen molar-refractivity contribution in [3.63, 3.8) is 0 Å². The molecule has 0 fully saturated rings. The normalized spacial score (nSPS) is 15.5. The first kappa shape index (κ1) is 12.3. The Morgan fingerprint density at radius 2 is 2.13 bits per heavy atom. The largest absolute Gasteiger partial charge is 0.399 e. The third-order valence-electron chi connectivity index (χ3n) is 2.74. The van der Waals surface area contributed by atoms with Gasteiger partial charge in [0.2, 0.25) is 0 Å². The Bertz CT molecular complexity index is 330. The van der Waals surface area contributed by atoms with Crippen LogP contribution in [0.2, 0.25) is 0 Å². The number of fused-ring (bicyclic) bond motifs is 1. The third kappa shape index (κ3) is 2.84. The minimum absolute atomic E-state index is 0. The van der Waals surface area contributed by atoms with Crippen molar-refractivity contribution in [1.82, 2.24) is 4.90 Å². The van der Waals surface area contributed by atoms with Gasteiger partial charge in [0.25, 0.3) is 0 Å². The number of aliphatic hydroxyl groups is 1. The van der Waals surface area contributed by atoms with E-state index in [2.05, 4.69) is 11.0 Å². The molecular weight excluding hydrogens is 212 g/mol. The molecule has 1 aliphatic rings. The Balaban J connectivity index is 0.00000112. The number of β-amino-alcohol motifs (C(OH)–C–C–N with tert-alkyl or cyclic N) is 1. The lowest BCUT2D eigenvalue weighted by molar-refractivity contribution is 0.184. The van der Waals surface area contributed by atoms with Crippen molar-refractivity contribution in [3.05, 3.63) is 29.3 Å². The number of hydrogen-bond acceptors (Lipinski definition) is 3. The van der Waals surface area contributed by atoms with E-state index < -0.39 is 0 Å². The average Bonchev–Trinajstić information content (AvgIpc) is 2.17. The van der Waals surface area contributed by atoms with Gasteiger partial charge in [0, 0.05) is 25.3 Å². The summed E-state index contributed by atoms with van der Waals surface area (Å²) in [6, 6.07) is 6.11. The number of nitrogen functional groups attached to an aromatic ring is 1. The van der Waals surface area contributed by atoms with Crippen molar-refractivity contribution in [3.8, 4) is 0 Å². The Kier molecular flexibility index (Phi) is 4.39. The Morgan fingerprint density at radius 1 is 1.33 bits per heavy atom. The molecule has 1 heterocycles. The maximum absolute atomic E-state index is 8.85. The van der Waals surface area contributed by atoms with Crippen LogP contribution in [-0.2, 0) is 13.0 Å². The fraction of sp³-hybridized carbons (Fsp3) is 0.455.